The lowest BCUT2D eigenvalue weighted by atomic mass is 10.0. The number of carbonyl (C=O) groups excluding carboxylic acids is 2. The summed E-state index contributed by atoms with van der Waals surface area (Å²) in [4.78, 5) is 37.8. The SMILES string of the molecule is CCCCC/C=C\C/C=C\CCCCCCCCCCCC(=O)OC(COC(=O)CCCCCCCCCCCCCCCCCCCCCCCCCCC)COP(=O)([O-])OCC[N+](C)(C)C. The van der Waals surface area contributed by atoms with Crippen LogP contribution in [0, 0.1) is 0 Å². The van der Waals surface area contributed by atoms with Gasteiger partial charge in [0.05, 0.1) is 27.7 Å². The Morgan fingerprint density at radius 2 is 0.794 bits per heavy atom. The molecule has 0 fully saturated rings. The van der Waals surface area contributed by atoms with E-state index in [9.17, 15) is 19.0 Å². The Morgan fingerprint density at radius 1 is 0.456 bits per heavy atom. The van der Waals surface area contributed by atoms with Crippen LogP contribution in [0.4, 0.5) is 0 Å². The van der Waals surface area contributed by atoms with Crippen LogP contribution in [-0.4, -0.2) is 70.0 Å². The van der Waals surface area contributed by atoms with Crippen molar-refractivity contribution >= 4 is 19.8 Å². The predicted octanol–water partition coefficient (Wildman–Crippen LogP) is 17.2. The fourth-order valence-corrected chi connectivity index (χ4v) is 9.18. The maximum absolute atomic E-state index is 12.8. The Bertz CT molecular complexity index is 1200. The molecule has 0 aromatic rings. The number of ether oxygens (including phenoxy) is 2. The molecule has 0 bridgehead atoms. The van der Waals surface area contributed by atoms with E-state index < -0.39 is 26.5 Å². The Kier molecular flexibility index (Phi) is 49.3. The fourth-order valence-electron chi connectivity index (χ4n) is 8.45. The van der Waals surface area contributed by atoms with Crippen LogP contribution in [0.3, 0.4) is 0 Å². The zero-order chi connectivity index (χ0) is 49.9. The van der Waals surface area contributed by atoms with E-state index >= 15 is 0 Å². The number of unbranched alkanes of at least 4 members (excludes halogenated alkanes) is 36. The van der Waals surface area contributed by atoms with Gasteiger partial charge in [-0.3, -0.25) is 14.2 Å². The van der Waals surface area contributed by atoms with Gasteiger partial charge in [0.2, 0.25) is 0 Å². The lowest BCUT2D eigenvalue weighted by Gasteiger charge is -2.28. The predicted molar refractivity (Wildman–Crippen MR) is 287 cm³/mol. The maximum Gasteiger partial charge on any atom is 0.306 e. The first-order chi connectivity index (χ1) is 33.0. The number of likely N-dealkylation sites (N-methyl/N-ethyl adjacent to an activating group) is 1. The minimum Gasteiger partial charge on any atom is -0.756 e. The summed E-state index contributed by atoms with van der Waals surface area (Å²) < 4.78 is 34.2. The van der Waals surface area contributed by atoms with Crippen LogP contribution in [0.2, 0.25) is 0 Å². The highest BCUT2D eigenvalue weighted by molar-refractivity contribution is 7.45. The highest BCUT2D eigenvalue weighted by Gasteiger charge is 2.22. The number of hydrogen-bond donors (Lipinski definition) is 0. The lowest BCUT2D eigenvalue weighted by molar-refractivity contribution is -0.870. The highest BCUT2D eigenvalue weighted by atomic mass is 31.2. The van der Waals surface area contributed by atoms with Gasteiger partial charge in [0.25, 0.3) is 7.82 Å². The van der Waals surface area contributed by atoms with Gasteiger partial charge in [0, 0.05) is 12.8 Å². The van der Waals surface area contributed by atoms with E-state index in [1.165, 1.54) is 199 Å². The maximum atomic E-state index is 12.8. The molecule has 0 aromatic heterocycles. The van der Waals surface area contributed by atoms with E-state index in [-0.39, 0.29) is 32.0 Å². The number of carbonyl (C=O) groups is 2. The summed E-state index contributed by atoms with van der Waals surface area (Å²) in [5, 5.41) is 0. The molecule has 0 radical (unpaired) electrons. The van der Waals surface area contributed by atoms with Crippen LogP contribution in [0.1, 0.15) is 284 Å². The molecule has 0 aliphatic carbocycles. The minimum atomic E-state index is -4.63. The molecule has 0 saturated carbocycles. The van der Waals surface area contributed by atoms with Gasteiger partial charge in [-0.15, -0.1) is 0 Å². The normalized spacial score (nSPS) is 13.4. The summed E-state index contributed by atoms with van der Waals surface area (Å²) in [5.41, 5.74) is 0. The Morgan fingerprint density at radius 3 is 1.19 bits per heavy atom. The molecule has 2 unspecified atom stereocenters. The molecular formula is C58H112NO8P. The first-order valence-electron chi connectivity index (χ1n) is 29.0. The molecule has 2 atom stereocenters. The van der Waals surface area contributed by atoms with Gasteiger partial charge in [0.15, 0.2) is 6.10 Å². The number of esters is 2. The molecule has 0 heterocycles. The lowest BCUT2D eigenvalue weighted by Crippen LogP contribution is -2.37. The molecule has 0 saturated heterocycles. The van der Waals surface area contributed by atoms with E-state index in [4.69, 9.17) is 18.5 Å². The van der Waals surface area contributed by atoms with Gasteiger partial charge >= 0.3 is 11.9 Å². The molecule has 0 aliphatic rings. The quantitative estimate of drug-likeness (QED) is 0.0195. The molecule has 68 heavy (non-hydrogen) atoms. The molecule has 402 valence electrons. The number of hydrogen-bond acceptors (Lipinski definition) is 8. The molecule has 0 rings (SSSR count). The number of allylic oxidation sites excluding steroid dienone is 4. The second-order valence-electron chi connectivity index (χ2n) is 21.0. The zero-order valence-corrected chi connectivity index (χ0v) is 46.5. The average Bonchev–Trinajstić information content (AvgIpc) is 3.30. The van der Waals surface area contributed by atoms with Crippen molar-refractivity contribution in [2.24, 2.45) is 0 Å². The average molecular weight is 983 g/mol. The zero-order valence-electron chi connectivity index (χ0n) is 45.6. The standard InChI is InChI=1S/C58H112NO8P/c1-6-8-10-12-14-16-18-20-22-24-26-27-28-29-30-31-33-34-36-38-40-42-44-46-48-50-57(60)64-54-56(55-66-68(62,63)65-53-52-59(3,4)5)67-58(61)51-49-47-45-43-41-39-37-35-32-25-23-21-19-17-15-13-11-9-7-2/h15,17,21,23,56H,6-14,16,18-20,22,24-55H2,1-5H3/b17-15-,23-21-. The molecule has 0 aromatic carbocycles. The van der Waals surface area contributed by atoms with Crippen molar-refractivity contribution in [3.8, 4) is 0 Å². The van der Waals surface area contributed by atoms with E-state index in [0.717, 1.165) is 51.4 Å². The summed E-state index contributed by atoms with van der Waals surface area (Å²) in [6, 6.07) is 0. The molecule has 0 spiro atoms. The van der Waals surface area contributed by atoms with Crippen molar-refractivity contribution in [2.75, 3.05) is 47.5 Å². The number of rotatable bonds is 54. The highest BCUT2D eigenvalue weighted by Crippen LogP contribution is 2.38. The third-order valence-electron chi connectivity index (χ3n) is 13.0. The van der Waals surface area contributed by atoms with Crippen LogP contribution >= 0.6 is 7.82 Å². The van der Waals surface area contributed by atoms with Crippen LogP contribution < -0.4 is 4.89 Å². The Labute approximate surface area is 421 Å². The van der Waals surface area contributed by atoms with Crippen molar-refractivity contribution in [1.29, 1.82) is 0 Å². The number of quaternary nitrogens is 1. The summed E-state index contributed by atoms with van der Waals surface area (Å²) >= 11 is 0. The second-order valence-corrected chi connectivity index (χ2v) is 22.4. The first-order valence-corrected chi connectivity index (χ1v) is 30.5. The van der Waals surface area contributed by atoms with Crippen LogP contribution in [-0.2, 0) is 32.7 Å². The van der Waals surface area contributed by atoms with Crippen LogP contribution in [0.25, 0.3) is 0 Å². The van der Waals surface area contributed by atoms with Gasteiger partial charge in [-0.05, 0) is 44.9 Å². The Balaban J connectivity index is 4.11. The largest absolute Gasteiger partial charge is 0.756 e. The van der Waals surface area contributed by atoms with Crippen molar-refractivity contribution < 1.29 is 42.1 Å². The number of phosphoric ester groups is 1. The molecule has 0 aliphatic heterocycles. The van der Waals surface area contributed by atoms with E-state index in [1.807, 2.05) is 21.1 Å². The summed E-state index contributed by atoms with van der Waals surface area (Å²) in [5.74, 6) is -0.823. The number of nitrogens with zero attached hydrogens (tertiary/aromatic N) is 1. The monoisotopic (exact) mass is 982 g/mol. The first kappa shape index (κ1) is 66.5. The molecule has 10 heteroatoms. The molecule has 0 N–H and O–H groups in total. The van der Waals surface area contributed by atoms with E-state index in [2.05, 4.69) is 38.2 Å². The van der Waals surface area contributed by atoms with Crippen molar-refractivity contribution in [3.05, 3.63) is 24.3 Å². The van der Waals surface area contributed by atoms with Gasteiger partial charge in [-0.1, -0.05) is 250 Å². The van der Waals surface area contributed by atoms with Crippen LogP contribution in [0.15, 0.2) is 24.3 Å². The Hall–Kier alpha value is -1.51. The topological polar surface area (TPSA) is 111 Å². The van der Waals surface area contributed by atoms with E-state index in [0.29, 0.717) is 17.4 Å². The van der Waals surface area contributed by atoms with Gasteiger partial charge < -0.3 is 27.9 Å². The number of phosphoric acid groups is 1. The summed E-state index contributed by atoms with van der Waals surface area (Å²) in [6.07, 6.45) is 59.4. The molecular weight excluding hydrogens is 870 g/mol. The smallest absolute Gasteiger partial charge is 0.306 e. The molecule has 9 nitrogen and oxygen atoms in total. The minimum absolute atomic E-state index is 0.0293. The second kappa shape index (κ2) is 50.4. The molecule has 0 amide bonds. The van der Waals surface area contributed by atoms with Crippen LogP contribution in [0.5, 0.6) is 0 Å². The van der Waals surface area contributed by atoms with Crippen molar-refractivity contribution in [1.82, 2.24) is 0 Å². The summed E-state index contributed by atoms with van der Waals surface area (Å²) in [7, 11) is 1.18. The van der Waals surface area contributed by atoms with Crippen molar-refractivity contribution in [3.63, 3.8) is 0 Å². The van der Waals surface area contributed by atoms with Gasteiger partial charge in [-0.2, -0.15) is 0 Å². The summed E-state index contributed by atoms with van der Waals surface area (Å²) in [6.45, 7) is 4.26. The third-order valence-corrected chi connectivity index (χ3v) is 13.9. The van der Waals surface area contributed by atoms with Crippen molar-refractivity contribution in [2.45, 2.75) is 290 Å². The fraction of sp³-hybridized carbons (Fsp3) is 0.897. The van der Waals surface area contributed by atoms with E-state index in [1.54, 1.807) is 0 Å². The third kappa shape index (κ3) is 53.8. The van der Waals surface area contributed by atoms with Gasteiger partial charge in [-0.25, -0.2) is 0 Å². The van der Waals surface area contributed by atoms with Gasteiger partial charge in [0.1, 0.15) is 19.8 Å².